The molecule has 0 radical (unpaired) electrons. The number of carbonyl (C=O) groups is 8. The van der Waals surface area contributed by atoms with Crippen molar-refractivity contribution in [3.05, 3.63) is 59.4 Å². The second kappa shape index (κ2) is 35.0. The predicted octanol–water partition coefficient (Wildman–Crippen LogP) is 6.50. The number of amides is 4. The number of carbonyl (C=O) groups excluding carboxylic acids is 8. The quantitative estimate of drug-likeness (QED) is 0.0424. The molecular weight excluding hydrogens is 883 g/mol. The summed E-state index contributed by atoms with van der Waals surface area (Å²) in [6.07, 6.45) is 19.3. The number of aliphatic hydroxyl groups excluding tert-OH is 1. The Bertz CT molecular complexity index is 1780. The van der Waals surface area contributed by atoms with Gasteiger partial charge in [-0.3, -0.25) is 33.6 Å². The van der Waals surface area contributed by atoms with E-state index in [1.54, 1.807) is 57.2 Å². The number of aldehydes is 1. The molecule has 3 atom stereocenters. The number of nitrogens with one attached hydrogen (secondary N) is 3. The zero-order valence-electron chi connectivity index (χ0n) is 43.2. The molecule has 1 saturated heterocycles. The Morgan fingerprint density at radius 1 is 0.928 bits per heavy atom. The van der Waals surface area contributed by atoms with E-state index in [2.05, 4.69) is 16.0 Å². The number of esters is 1. The Labute approximate surface area is 412 Å². The van der Waals surface area contributed by atoms with Gasteiger partial charge in [0, 0.05) is 52.4 Å². The number of likely N-dealkylation sites (N-methyl/N-ethyl adjacent to an activating group) is 2. The van der Waals surface area contributed by atoms with Crippen molar-refractivity contribution in [3.8, 4) is 0 Å². The van der Waals surface area contributed by atoms with Crippen LogP contribution in [0, 0.1) is 11.8 Å². The maximum Gasteiger partial charge on any atom is 0.309 e. The van der Waals surface area contributed by atoms with Gasteiger partial charge in [-0.05, 0) is 96.9 Å². The van der Waals surface area contributed by atoms with E-state index in [0.717, 1.165) is 82.0 Å². The first kappa shape index (κ1) is 61.8. The number of hydrogen-bond acceptors (Lipinski definition) is 12. The van der Waals surface area contributed by atoms with E-state index < -0.39 is 23.6 Å². The van der Waals surface area contributed by atoms with Gasteiger partial charge in [-0.2, -0.15) is 0 Å². The number of hydrogen-bond donors (Lipinski definition) is 4. The molecule has 3 aliphatic rings. The highest BCUT2D eigenvalue weighted by Crippen LogP contribution is 2.26. The monoisotopic (exact) mass is 968 g/mol. The lowest BCUT2D eigenvalue weighted by molar-refractivity contribution is -0.161. The summed E-state index contributed by atoms with van der Waals surface area (Å²) < 4.78 is 10.7. The third-order valence-electron chi connectivity index (χ3n) is 11.4. The zero-order chi connectivity index (χ0) is 51.8. The van der Waals surface area contributed by atoms with Gasteiger partial charge in [0.2, 0.25) is 23.5 Å². The first-order valence-electron chi connectivity index (χ1n) is 25.0. The van der Waals surface area contributed by atoms with Gasteiger partial charge in [0.15, 0.2) is 5.78 Å². The maximum atomic E-state index is 12.4. The summed E-state index contributed by atoms with van der Waals surface area (Å²) in [7, 11) is 4.95. The van der Waals surface area contributed by atoms with Crippen molar-refractivity contribution in [1.29, 1.82) is 0 Å². The summed E-state index contributed by atoms with van der Waals surface area (Å²) in [5, 5.41) is 16.4. The Kier molecular flexibility index (Phi) is 31.3. The van der Waals surface area contributed by atoms with E-state index in [-0.39, 0.29) is 60.2 Å². The van der Waals surface area contributed by atoms with Crippen molar-refractivity contribution in [3.63, 3.8) is 0 Å². The van der Waals surface area contributed by atoms with Crippen LogP contribution in [0.1, 0.15) is 156 Å². The standard InChI is InChI=1S/C20H29N3O4.C11H20N2O2.C11H16O3.C11H20O2/c1-5-6-10-14(2)18(25)19(26)21-13-16(24)22-17(20(27)23(3)4)15-11-8-7-9-12-15;1-3-5-10(14)9-6-4-7-13(9)11(15)8-12-2;12-6-2-8-14-11-4-1-3-10(9-11)5-7-13;1-11(2,3)13-10(12)9-7-5-4-6-8-9/h7-9,11-12,14,17H,5-6,10,13H2,1-4H3,(H,21,26)(H,22,24);9,12H,3-8H2,1-2H3;4,7,9,12H,1-3,5-6,8H2;9H,4-8H2,1-3H3. The molecule has 1 aromatic carbocycles. The topological polar surface area (TPSA) is 218 Å². The van der Waals surface area contributed by atoms with Crippen LogP contribution in [0.2, 0.25) is 0 Å². The number of rotatable bonds is 22. The van der Waals surface area contributed by atoms with Crippen LogP contribution in [0.4, 0.5) is 0 Å². The minimum Gasteiger partial charge on any atom is -0.494 e. The largest absolute Gasteiger partial charge is 0.494 e. The Morgan fingerprint density at radius 3 is 2.19 bits per heavy atom. The van der Waals surface area contributed by atoms with E-state index in [1.807, 2.05) is 52.8 Å². The highest BCUT2D eigenvalue weighted by Gasteiger charge is 2.33. The van der Waals surface area contributed by atoms with Crippen LogP contribution < -0.4 is 16.0 Å². The molecule has 69 heavy (non-hydrogen) atoms. The van der Waals surface area contributed by atoms with Crippen molar-refractivity contribution in [2.24, 2.45) is 11.8 Å². The molecule has 1 saturated carbocycles. The van der Waals surface area contributed by atoms with E-state index in [0.29, 0.717) is 44.4 Å². The fourth-order valence-corrected chi connectivity index (χ4v) is 7.66. The number of ketones is 2. The third-order valence-corrected chi connectivity index (χ3v) is 11.4. The normalized spacial score (nSPS) is 16.4. The molecule has 1 aromatic rings. The summed E-state index contributed by atoms with van der Waals surface area (Å²) >= 11 is 0. The smallest absolute Gasteiger partial charge is 0.309 e. The van der Waals surface area contributed by atoms with E-state index in [1.165, 1.54) is 24.2 Å². The molecule has 3 unspecified atom stereocenters. The number of ether oxygens (including phenoxy) is 2. The van der Waals surface area contributed by atoms with Crippen LogP contribution in [0.5, 0.6) is 0 Å². The molecule has 0 spiro atoms. The number of unbranched alkanes of at least 4 members (excludes halogenated alkanes) is 1. The van der Waals surface area contributed by atoms with Crippen LogP contribution in [0.25, 0.3) is 0 Å². The molecule has 16 nitrogen and oxygen atoms in total. The van der Waals surface area contributed by atoms with Gasteiger partial charge in [-0.25, -0.2) is 0 Å². The second-order valence-corrected chi connectivity index (χ2v) is 18.8. The van der Waals surface area contributed by atoms with Crippen LogP contribution >= 0.6 is 0 Å². The number of likely N-dealkylation sites (tertiary alicyclic amines) is 1. The lowest BCUT2D eigenvalue weighted by atomic mass is 9.89. The number of nitrogens with zero attached hydrogens (tertiary/aromatic N) is 2. The van der Waals surface area contributed by atoms with Crippen molar-refractivity contribution < 1.29 is 52.9 Å². The molecule has 16 heteroatoms. The maximum absolute atomic E-state index is 12.4. The summed E-state index contributed by atoms with van der Waals surface area (Å²) in [5.74, 6) is -1.22. The first-order chi connectivity index (χ1) is 32.8. The summed E-state index contributed by atoms with van der Waals surface area (Å²) in [5.41, 5.74) is 1.44. The van der Waals surface area contributed by atoms with Crippen LogP contribution in [-0.4, -0.2) is 128 Å². The molecule has 2 aliphatic carbocycles. The zero-order valence-corrected chi connectivity index (χ0v) is 43.2. The highest BCUT2D eigenvalue weighted by atomic mass is 16.6. The number of Topliss-reactive ketones (excluding diaryl/α,β-unsaturated/α-hetero) is 2. The fraction of sp³-hybridized carbons (Fsp3) is 0.660. The lowest BCUT2D eigenvalue weighted by Gasteiger charge is -2.25. The van der Waals surface area contributed by atoms with Gasteiger partial charge < -0.3 is 45.1 Å². The molecule has 1 heterocycles. The van der Waals surface area contributed by atoms with Crippen LogP contribution in [0.3, 0.4) is 0 Å². The Hall–Kier alpha value is -5.22. The van der Waals surface area contributed by atoms with Gasteiger partial charge in [0.25, 0.3) is 5.91 Å². The summed E-state index contributed by atoms with van der Waals surface area (Å²) in [4.78, 5) is 97.0. The van der Waals surface area contributed by atoms with E-state index in [9.17, 15) is 38.4 Å². The van der Waals surface area contributed by atoms with Crippen molar-refractivity contribution >= 4 is 47.5 Å². The third kappa shape index (κ3) is 25.8. The van der Waals surface area contributed by atoms with Crippen LogP contribution in [0.15, 0.2) is 53.8 Å². The number of aliphatic hydroxyl groups is 1. The molecule has 388 valence electrons. The molecular formula is C53H85N5O11. The number of benzene rings is 1. The second-order valence-electron chi connectivity index (χ2n) is 18.8. The van der Waals surface area contributed by atoms with Gasteiger partial charge in [0.05, 0.1) is 31.7 Å². The average molecular weight is 968 g/mol. The molecule has 2 fully saturated rings. The van der Waals surface area contributed by atoms with E-state index >= 15 is 0 Å². The average Bonchev–Trinajstić information content (AvgIpc) is 3.83. The number of allylic oxidation sites excluding steroid dienone is 3. The SMILES string of the molecule is CC(C)(C)OC(=O)C1CCCCC1.CCCC(=O)C1CCCN1C(=O)CNC.CCCCC(C)C(=O)C(=O)NCC(=O)NC(C(=O)N(C)C)c1ccccc1.O=CCC1=CC(OCCCO)=CCC1. The highest BCUT2D eigenvalue weighted by molar-refractivity contribution is 6.37. The van der Waals surface area contributed by atoms with Gasteiger partial charge in [-0.1, -0.05) is 88.8 Å². The molecule has 4 amide bonds. The molecule has 4 rings (SSSR count). The minimum atomic E-state index is -0.857. The molecule has 1 aliphatic heterocycles. The first-order valence-corrected chi connectivity index (χ1v) is 25.0. The summed E-state index contributed by atoms with van der Waals surface area (Å²) in [6.45, 7) is 12.9. The molecule has 0 aromatic heterocycles. The minimum absolute atomic E-state index is 0.00667. The summed E-state index contributed by atoms with van der Waals surface area (Å²) in [6, 6.07) is 7.84. The fourth-order valence-electron chi connectivity index (χ4n) is 7.66. The predicted molar refractivity (Wildman–Crippen MR) is 267 cm³/mol. The van der Waals surface area contributed by atoms with Gasteiger partial charge in [-0.15, -0.1) is 0 Å². The Morgan fingerprint density at radius 2 is 1.61 bits per heavy atom. The molecule has 0 bridgehead atoms. The van der Waals surface area contributed by atoms with Crippen molar-refractivity contribution in [2.75, 3.05) is 54.0 Å². The van der Waals surface area contributed by atoms with Gasteiger partial charge in [0.1, 0.15) is 23.7 Å². The van der Waals surface area contributed by atoms with Gasteiger partial charge >= 0.3 is 5.97 Å². The van der Waals surface area contributed by atoms with E-state index in [4.69, 9.17) is 14.6 Å². The Balaban J connectivity index is 0.000000486. The van der Waals surface area contributed by atoms with Crippen molar-refractivity contribution in [2.45, 2.75) is 162 Å². The van der Waals surface area contributed by atoms with Crippen LogP contribution in [-0.2, 0) is 47.8 Å². The lowest BCUT2D eigenvalue weighted by Crippen LogP contribution is -2.45. The molecule has 4 N–H and O–H groups in total. The van der Waals surface area contributed by atoms with Crippen molar-refractivity contribution in [1.82, 2.24) is 25.8 Å².